The molecule has 3 heterocycles. The maximum absolute atomic E-state index is 13.9. The molecular weight excluding hydrogens is 458 g/mol. The Kier molecular flexibility index (Phi) is 6.22. The SMILES string of the molecule is Cc1ccc(S(=O)(=O)N2CCCC2C(=O)N(CC2CCCO2)c2nc3ccccc3s2)cc1. The molecule has 174 valence electrons. The molecule has 0 N–H and O–H groups in total. The maximum Gasteiger partial charge on any atom is 0.247 e. The molecule has 33 heavy (non-hydrogen) atoms. The molecule has 0 radical (unpaired) electrons. The lowest BCUT2D eigenvalue weighted by molar-refractivity contribution is -0.122. The van der Waals surface area contributed by atoms with Gasteiger partial charge in [0.25, 0.3) is 0 Å². The number of hydrogen-bond acceptors (Lipinski definition) is 6. The molecule has 9 heteroatoms. The molecule has 7 nitrogen and oxygen atoms in total. The second-order valence-electron chi connectivity index (χ2n) is 8.63. The monoisotopic (exact) mass is 485 g/mol. The van der Waals surface area contributed by atoms with Gasteiger partial charge < -0.3 is 4.74 Å². The standard InChI is InChI=1S/C24H27N3O4S2/c1-17-10-12-19(13-11-17)33(29,30)27-14-4-8-21(27)23(28)26(16-18-6-5-15-31-18)24-25-20-7-2-3-9-22(20)32-24/h2-3,7,9-13,18,21H,4-6,8,14-16H2,1H3. The van der Waals surface area contributed by atoms with Gasteiger partial charge in [-0.15, -0.1) is 0 Å². The zero-order valence-corrected chi connectivity index (χ0v) is 20.1. The summed E-state index contributed by atoms with van der Waals surface area (Å²) in [5, 5.41) is 0.594. The van der Waals surface area contributed by atoms with Gasteiger partial charge in [-0.05, 0) is 56.9 Å². The molecule has 0 saturated carbocycles. The molecule has 0 aliphatic carbocycles. The van der Waals surface area contributed by atoms with E-state index in [1.165, 1.54) is 15.6 Å². The van der Waals surface area contributed by atoms with E-state index < -0.39 is 16.1 Å². The van der Waals surface area contributed by atoms with E-state index in [-0.39, 0.29) is 16.9 Å². The van der Waals surface area contributed by atoms with Crippen molar-refractivity contribution in [1.82, 2.24) is 9.29 Å². The molecule has 2 fully saturated rings. The second kappa shape index (κ2) is 9.13. The summed E-state index contributed by atoms with van der Waals surface area (Å²) in [5.41, 5.74) is 1.82. The lowest BCUT2D eigenvalue weighted by Gasteiger charge is -2.29. The van der Waals surface area contributed by atoms with Gasteiger partial charge >= 0.3 is 0 Å². The molecule has 2 aliphatic heterocycles. The molecule has 2 aromatic carbocycles. The van der Waals surface area contributed by atoms with E-state index >= 15 is 0 Å². The number of amides is 1. The first-order valence-corrected chi connectivity index (χ1v) is 13.6. The molecule has 1 aromatic heterocycles. The number of fused-ring (bicyclic) bond motifs is 1. The summed E-state index contributed by atoms with van der Waals surface area (Å²) in [4.78, 5) is 20.5. The van der Waals surface area contributed by atoms with Crippen molar-refractivity contribution in [3.8, 4) is 0 Å². The van der Waals surface area contributed by atoms with Crippen molar-refractivity contribution in [1.29, 1.82) is 0 Å². The number of para-hydroxylation sites is 1. The lowest BCUT2D eigenvalue weighted by atomic mass is 10.2. The number of anilines is 1. The van der Waals surface area contributed by atoms with E-state index in [0.717, 1.165) is 28.6 Å². The van der Waals surface area contributed by atoms with E-state index in [2.05, 4.69) is 0 Å². The van der Waals surface area contributed by atoms with Gasteiger partial charge in [-0.2, -0.15) is 4.31 Å². The summed E-state index contributed by atoms with van der Waals surface area (Å²) in [5.74, 6) is -0.224. The summed E-state index contributed by atoms with van der Waals surface area (Å²) in [7, 11) is -3.78. The fourth-order valence-electron chi connectivity index (χ4n) is 4.53. The van der Waals surface area contributed by atoms with Crippen molar-refractivity contribution in [2.75, 3.05) is 24.6 Å². The van der Waals surface area contributed by atoms with Gasteiger partial charge in [-0.1, -0.05) is 41.2 Å². The minimum Gasteiger partial charge on any atom is -0.376 e. The fraction of sp³-hybridized carbons (Fsp3) is 0.417. The summed E-state index contributed by atoms with van der Waals surface area (Å²) in [6.07, 6.45) is 2.92. The first-order valence-electron chi connectivity index (χ1n) is 11.3. The zero-order chi connectivity index (χ0) is 23.0. The van der Waals surface area contributed by atoms with Crippen LogP contribution in [0.5, 0.6) is 0 Å². The number of carbonyl (C=O) groups excluding carboxylic acids is 1. The number of thiazole rings is 1. The normalized spacial score (nSPS) is 21.6. The van der Waals surface area contributed by atoms with Crippen LogP contribution in [0.1, 0.15) is 31.2 Å². The van der Waals surface area contributed by atoms with E-state index in [1.54, 1.807) is 29.2 Å². The number of carbonyl (C=O) groups is 1. The van der Waals surface area contributed by atoms with Gasteiger partial charge in [0.15, 0.2) is 5.13 Å². The molecular formula is C24H27N3O4S2. The van der Waals surface area contributed by atoms with Crippen molar-refractivity contribution in [3.05, 3.63) is 54.1 Å². The average Bonchev–Trinajstić information content (AvgIpc) is 3.57. The van der Waals surface area contributed by atoms with Gasteiger partial charge in [-0.25, -0.2) is 13.4 Å². The quantitative estimate of drug-likeness (QED) is 0.528. The Hall–Kier alpha value is -2.33. The van der Waals surface area contributed by atoms with Gasteiger partial charge in [0.05, 0.1) is 27.8 Å². The van der Waals surface area contributed by atoms with Crippen LogP contribution in [-0.2, 0) is 19.6 Å². The number of aryl methyl sites for hydroxylation is 1. The van der Waals surface area contributed by atoms with Crippen LogP contribution in [0.3, 0.4) is 0 Å². The number of nitrogens with zero attached hydrogens (tertiary/aromatic N) is 3. The highest BCUT2D eigenvalue weighted by atomic mass is 32.2. The van der Waals surface area contributed by atoms with Crippen molar-refractivity contribution in [2.24, 2.45) is 0 Å². The molecule has 3 aromatic rings. The van der Waals surface area contributed by atoms with Crippen molar-refractivity contribution >= 4 is 42.6 Å². The highest BCUT2D eigenvalue weighted by Gasteiger charge is 2.42. The number of rotatable bonds is 6. The predicted octanol–water partition coefficient (Wildman–Crippen LogP) is 3.97. The average molecular weight is 486 g/mol. The molecule has 2 unspecified atom stereocenters. The van der Waals surface area contributed by atoms with Crippen LogP contribution in [0, 0.1) is 6.92 Å². The molecule has 0 spiro atoms. The summed E-state index contributed by atoms with van der Waals surface area (Å²) in [6.45, 7) is 3.32. The third-order valence-corrected chi connectivity index (χ3v) is 9.29. The largest absolute Gasteiger partial charge is 0.376 e. The minimum atomic E-state index is -3.78. The van der Waals surface area contributed by atoms with Gasteiger partial charge in [-0.3, -0.25) is 9.69 Å². The second-order valence-corrected chi connectivity index (χ2v) is 11.5. The summed E-state index contributed by atoms with van der Waals surface area (Å²) < 4.78 is 35.0. The first-order chi connectivity index (χ1) is 15.9. The van der Waals surface area contributed by atoms with Crippen molar-refractivity contribution in [2.45, 2.75) is 49.6 Å². The number of aromatic nitrogens is 1. The lowest BCUT2D eigenvalue weighted by Crippen LogP contribution is -2.49. The Labute approximate surface area is 198 Å². The Morgan fingerprint density at radius 3 is 2.67 bits per heavy atom. The smallest absolute Gasteiger partial charge is 0.247 e. The van der Waals surface area contributed by atoms with Crippen LogP contribution >= 0.6 is 11.3 Å². The van der Waals surface area contributed by atoms with Crippen molar-refractivity contribution < 1.29 is 17.9 Å². The molecule has 2 atom stereocenters. The van der Waals surface area contributed by atoms with E-state index in [1.807, 2.05) is 31.2 Å². The molecule has 1 amide bonds. The van der Waals surface area contributed by atoms with Crippen LogP contribution in [0.4, 0.5) is 5.13 Å². The van der Waals surface area contributed by atoms with Gasteiger partial charge in [0.1, 0.15) is 6.04 Å². The van der Waals surface area contributed by atoms with Crippen LogP contribution < -0.4 is 4.90 Å². The molecule has 0 bridgehead atoms. The third kappa shape index (κ3) is 4.42. The molecule has 2 aliphatic rings. The number of hydrogen-bond donors (Lipinski definition) is 0. The minimum absolute atomic E-state index is 0.0653. The van der Waals surface area contributed by atoms with Crippen LogP contribution in [0.15, 0.2) is 53.4 Å². The maximum atomic E-state index is 13.9. The molecule has 2 saturated heterocycles. The topological polar surface area (TPSA) is 79.8 Å². The Bertz CT molecular complexity index is 1220. The van der Waals surface area contributed by atoms with Crippen LogP contribution in [0.25, 0.3) is 10.2 Å². The number of sulfonamides is 1. The third-order valence-electron chi connectivity index (χ3n) is 6.31. The predicted molar refractivity (Wildman–Crippen MR) is 129 cm³/mol. The van der Waals surface area contributed by atoms with Crippen molar-refractivity contribution in [3.63, 3.8) is 0 Å². The summed E-state index contributed by atoms with van der Waals surface area (Å²) >= 11 is 1.45. The van der Waals surface area contributed by atoms with Crippen LogP contribution in [0.2, 0.25) is 0 Å². The number of benzene rings is 2. The Morgan fingerprint density at radius 2 is 1.94 bits per heavy atom. The first kappa shape index (κ1) is 22.5. The van der Waals surface area contributed by atoms with Gasteiger partial charge in [0, 0.05) is 13.2 Å². The number of ether oxygens (including phenoxy) is 1. The highest BCUT2D eigenvalue weighted by molar-refractivity contribution is 7.89. The van der Waals surface area contributed by atoms with Crippen LogP contribution in [-0.4, -0.2) is 55.5 Å². The molecule has 5 rings (SSSR count). The zero-order valence-electron chi connectivity index (χ0n) is 18.5. The van der Waals surface area contributed by atoms with E-state index in [0.29, 0.717) is 37.7 Å². The van der Waals surface area contributed by atoms with E-state index in [4.69, 9.17) is 9.72 Å². The highest BCUT2D eigenvalue weighted by Crippen LogP contribution is 2.33. The summed E-state index contributed by atoms with van der Waals surface area (Å²) in [6, 6.07) is 13.8. The Balaban J connectivity index is 1.47. The Morgan fingerprint density at radius 1 is 1.15 bits per heavy atom. The van der Waals surface area contributed by atoms with Gasteiger partial charge in [0.2, 0.25) is 15.9 Å². The fourth-order valence-corrected chi connectivity index (χ4v) is 7.16. The van der Waals surface area contributed by atoms with E-state index in [9.17, 15) is 13.2 Å².